The van der Waals surface area contributed by atoms with E-state index in [4.69, 9.17) is 18.5 Å². The zero-order valence-electron chi connectivity index (χ0n) is 22.4. The van der Waals surface area contributed by atoms with Gasteiger partial charge in [-0.05, 0) is 46.8 Å². The van der Waals surface area contributed by atoms with Gasteiger partial charge < -0.3 is 24.2 Å². The summed E-state index contributed by atoms with van der Waals surface area (Å²) in [4.78, 5) is 37.9. The van der Waals surface area contributed by atoms with Gasteiger partial charge in [0.1, 0.15) is 36.3 Å². The Hall–Kier alpha value is -2.94. The number of ether oxygens (including phenoxy) is 2. The van der Waals surface area contributed by atoms with Gasteiger partial charge in [-0.3, -0.25) is 23.7 Å². The fourth-order valence-corrected chi connectivity index (χ4v) is 5.89. The Morgan fingerprint density at radius 2 is 1.90 bits per heavy atom. The van der Waals surface area contributed by atoms with Crippen LogP contribution in [0.3, 0.4) is 0 Å². The van der Waals surface area contributed by atoms with Crippen LogP contribution in [0.2, 0.25) is 0 Å². The fraction of sp³-hybridized carbons (Fsp3) is 0.542. The summed E-state index contributed by atoms with van der Waals surface area (Å²) < 4.78 is 64.6. The number of aromatic amines is 1. The van der Waals surface area contributed by atoms with Crippen LogP contribution in [-0.4, -0.2) is 68.0 Å². The second-order valence-electron chi connectivity index (χ2n) is 10.1. The van der Waals surface area contributed by atoms with E-state index in [1.54, 1.807) is 37.0 Å². The molecule has 0 bridgehead atoms. The highest BCUT2D eigenvalue weighted by Gasteiger charge is 2.62. The van der Waals surface area contributed by atoms with Gasteiger partial charge in [-0.2, -0.15) is 9.48 Å². The molecule has 0 radical (unpaired) electrons. The van der Waals surface area contributed by atoms with Gasteiger partial charge in [-0.15, -0.1) is 0 Å². The van der Waals surface area contributed by atoms with Crippen LogP contribution < -0.4 is 20.9 Å². The first kappa shape index (κ1) is 31.6. The number of carbonyl (C=O) groups excluding carboxylic acids is 1. The van der Waals surface area contributed by atoms with Gasteiger partial charge in [0, 0.05) is 0 Å². The molecule has 2 aromatic rings. The van der Waals surface area contributed by atoms with E-state index in [9.17, 15) is 37.9 Å². The van der Waals surface area contributed by atoms with E-state index in [1.165, 1.54) is 32.9 Å². The molecule has 1 aliphatic heterocycles. The number of hydrogen-bond donors (Lipinski definition) is 4. The summed E-state index contributed by atoms with van der Waals surface area (Å²) in [6, 6.07) is 6.52. The van der Waals surface area contributed by atoms with Crippen molar-refractivity contribution < 1.29 is 46.9 Å². The van der Waals surface area contributed by atoms with E-state index < -0.39 is 79.2 Å². The minimum Gasteiger partial charge on any atom is -0.462 e. The van der Waals surface area contributed by atoms with Gasteiger partial charge in [0.25, 0.3) is 5.56 Å². The number of para-hydroxylation sites is 1. The van der Waals surface area contributed by atoms with Crippen LogP contribution >= 0.6 is 7.75 Å². The van der Waals surface area contributed by atoms with E-state index >= 15 is 0 Å². The van der Waals surface area contributed by atoms with Crippen molar-refractivity contribution in [2.45, 2.75) is 76.4 Å². The van der Waals surface area contributed by atoms with Gasteiger partial charge in [-0.25, -0.2) is 13.8 Å². The second kappa shape index (κ2) is 11.9. The average molecular weight is 592 g/mol. The zero-order chi connectivity index (χ0) is 30.0. The van der Waals surface area contributed by atoms with Gasteiger partial charge in [0.2, 0.25) is 5.82 Å². The lowest BCUT2D eigenvalue weighted by molar-refractivity contribution is -0.149. The fourth-order valence-electron chi connectivity index (χ4n) is 4.05. The molecule has 0 saturated carbocycles. The lowest BCUT2D eigenvalue weighted by Gasteiger charge is -2.36. The molecule has 1 fully saturated rings. The molecule has 16 heteroatoms. The number of nitrogens with one attached hydrogen (secondary N) is 2. The van der Waals surface area contributed by atoms with Crippen LogP contribution in [0.25, 0.3) is 0 Å². The Bertz CT molecular complexity index is 1370. The third-order valence-electron chi connectivity index (χ3n) is 5.96. The first-order chi connectivity index (χ1) is 18.5. The standard InChI is InChI=1S/C24H32F2N3O10P/c1-13(2)36-20(32)14(3)28-40(35,38-15-9-7-6-8-10-15)39-23(4,5)18-17(30)24(34,12-25)21(37-18)29-11-16(26)19(31)27-22(29)33/h6-11,13-14,17-18,21,30,34H,12H2,1-5H3,(H,28,35)(H,27,31,33)/t14-,17?,18-,21+,24+,40-/m0/s1. The second-order valence-corrected chi connectivity index (χ2v) is 11.7. The van der Waals surface area contributed by atoms with Crippen molar-refractivity contribution in [3.63, 3.8) is 0 Å². The number of aliphatic hydroxyl groups excluding tert-OH is 1. The molecule has 40 heavy (non-hydrogen) atoms. The summed E-state index contributed by atoms with van der Waals surface area (Å²) in [5, 5.41) is 24.4. The Morgan fingerprint density at radius 1 is 1.27 bits per heavy atom. The minimum absolute atomic E-state index is 0.0693. The van der Waals surface area contributed by atoms with E-state index in [0.717, 1.165) is 0 Å². The lowest BCUT2D eigenvalue weighted by Crippen LogP contribution is -2.54. The van der Waals surface area contributed by atoms with Crippen LogP contribution in [0.1, 0.15) is 40.8 Å². The molecule has 6 atom stereocenters. The molecule has 13 nitrogen and oxygen atoms in total. The number of rotatable bonds is 11. The Balaban J connectivity index is 1.98. The van der Waals surface area contributed by atoms with E-state index in [-0.39, 0.29) is 5.75 Å². The Morgan fingerprint density at radius 3 is 2.48 bits per heavy atom. The maximum atomic E-state index is 14.2. The van der Waals surface area contributed by atoms with Crippen LogP contribution in [0.5, 0.6) is 5.75 Å². The highest BCUT2D eigenvalue weighted by atomic mass is 31.2. The van der Waals surface area contributed by atoms with E-state index in [1.807, 2.05) is 0 Å². The topological polar surface area (TPSA) is 178 Å². The molecular weight excluding hydrogens is 559 g/mol. The summed E-state index contributed by atoms with van der Waals surface area (Å²) in [6.07, 6.45) is -5.98. The monoisotopic (exact) mass is 591 g/mol. The number of hydrogen-bond acceptors (Lipinski definition) is 10. The molecule has 0 spiro atoms. The van der Waals surface area contributed by atoms with Gasteiger partial charge in [0.15, 0.2) is 11.8 Å². The molecule has 1 aliphatic rings. The maximum absolute atomic E-state index is 14.2. The predicted molar refractivity (Wildman–Crippen MR) is 136 cm³/mol. The summed E-state index contributed by atoms with van der Waals surface area (Å²) in [5.41, 5.74) is -7.35. The summed E-state index contributed by atoms with van der Waals surface area (Å²) in [7, 11) is -4.55. The molecule has 1 aromatic heterocycles. The van der Waals surface area contributed by atoms with Gasteiger partial charge >= 0.3 is 19.4 Å². The Kier molecular flexibility index (Phi) is 9.39. The maximum Gasteiger partial charge on any atom is 0.460 e. The van der Waals surface area contributed by atoms with Crippen molar-refractivity contribution in [1.82, 2.24) is 14.6 Å². The summed E-state index contributed by atoms with van der Waals surface area (Å²) in [5.74, 6) is -2.15. The molecular formula is C24H32F2N3O10P. The number of aliphatic hydroxyl groups is 2. The highest BCUT2D eigenvalue weighted by molar-refractivity contribution is 7.52. The quantitative estimate of drug-likeness (QED) is 0.220. The van der Waals surface area contributed by atoms with E-state index in [0.29, 0.717) is 10.8 Å². The van der Waals surface area contributed by atoms with Crippen molar-refractivity contribution in [3.05, 3.63) is 63.2 Å². The highest BCUT2D eigenvalue weighted by Crippen LogP contribution is 2.52. The summed E-state index contributed by atoms with van der Waals surface area (Å²) >= 11 is 0. The average Bonchev–Trinajstić information content (AvgIpc) is 3.12. The van der Waals surface area contributed by atoms with Crippen molar-refractivity contribution in [1.29, 1.82) is 0 Å². The minimum atomic E-state index is -4.55. The van der Waals surface area contributed by atoms with Crippen molar-refractivity contribution in [2.75, 3.05) is 6.67 Å². The van der Waals surface area contributed by atoms with Crippen molar-refractivity contribution in [3.8, 4) is 5.75 Å². The molecule has 1 saturated heterocycles. The normalized spacial score (nSPS) is 25.4. The predicted octanol–water partition coefficient (Wildman–Crippen LogP) is 1.55. The molecule has 3 rings (SSSR count). The Labute approximate surface area is 227 Å². The van der Waals surface area contributed by atoms with Crippen molar-refractivity contribution in [2.24, 2.45) is 0 Å². The zero-order valence-corrected chi connectivity index (χ0v) is 23.3. The van der Waals surface area contributed by atoms with Crippen LogP contribution in [-0.2, 0) is 23.4 Å². The number of halogens is 2. The van der Waals surface area contributed by atoms with Crippen LogP contribution in [0, 0.1) is 5.82 Å². The molecule has 222 valence electrons. The SMILES string of the molecule is CC(C)OC(=O)[C@H](C)N[P@](=O)(Oc1ccccc1)OC(C)(C)[C@H]1O[C@@H](n2cc(F)c(=O)[nH]c2=O)[C@@](O)(CF)C1O. The molecule has 0 aliphatic carbocycles. The van der Waals surface area contributed by atoms with Crippen LogP contribution in [0.15, 0.2) is 46.1 Å². The first-order valence-corrected chi connectivity index (χ1v) is 13.7. The molecule has 1 unspecified atom stereocenters. The largest absolute Gasteiger partial charge is 0.462 e. The molecule has 4 N–H and O–H groups in total. The number of benzene rings is 1. The number of H-pyrrole nitrogens is 1. The molecule has 1 aromatic carbocycles. The smallest absolute Gasteiger partial charge is 0.460 e. The van der Waals surface area contributed by atoms with Gasteiger partial charge in [0.05, 0.1) is 12.3 Å². The lowest BCUT2D eigenvalue weighted by atomic mass is 9.88. The van der Waals surface area contributed by atoms with Gasteiger partial charge in [-0.1, -0.05) is 18.2 Å². The van der Waals surface area contributed by atoms with Crippen molar-refractivity contribution >= 4 is 13.7 Å². The van der Waals surface area contributed by atoms with E-state index in [2.05, 4.69) is 5.09 Å². The number of nitrogens with zero attached hydrogens (tertiary/aromatic N) is 1. The third kappa shape index (κ3) is 6.67. The van der Waals surface area contributed by atoms with Crippen LogP contribution in [0.4, 0.5) is 8.78 Å². The summed E-state index contributed by atoms with van der Waals surface area (Å²) in [6.45, 7) is 5.43. The third-order valence-corrected chi connectivity index (χ3v) is 7.83. The number of carbonyl (C=O) groups is 1. The molecule has 2 heterocycles. The number of alkyl halides is 1. The number of esters is 1. The number of aromatic nitrogens is 2. The first-order valence-electron chi connectivity index (χ1n) is 12.2. The molecule has 0 amide bonds.